The summed E-state index contributed by atoms with van der Waals surface area (Å²) in [6.07, 6.45) is 3.46. The summed E-state index contributed by atoms with van der Waals surface area (Å²) < 4.78 is 2.48. The Bertz CT molecular complexity index is 799. The Hall–Kier alpha value is -1.85. The number of nitrogens with zero attached hydrogens (tertiary/aromatic N) is 3. The fourth-order valence-corrected chi connectivity index (χ4v) is 2.80. The van der Waals surface area contributed by atoms with Crippen molar-refractivity contribution in [3.63, 3.8) is 0 Å². The average molecular weight is 364 g/mol. The Labute approximate surface area is 135 Å². The number of anilines is 1. The lowest BCUT2D eigenvalue weighted by molar-refractivity contribution is 0.782. The van der Waals surface area contributed by atoms with Crippen molar-refractivity contribution in [2.24, 2.45) is 7.05 Å². The molecule has 0 aliphatic carbocycles. The molecule has 0 aliphatic heterocycles. The van der Waals surface area contributed by atoms with E-state index in [1.807, 2.05) is 37.4 Å². The molecule has 0 fully saturated rings. The van der Waals surface area contributed by atoms with Crippen LogP contribution in [0.5, 0.6) is 0 Å². The molecule has 6 heteroatoms. The summed E-state index contributed by atoms with van der Waals surface area (Å²) in [5.41, 5.74) is 9.60. The Balaban J connectivity index is 2.30. The fourth-order valence-electron chi connectivity index (χ4n) is 2.22. The van der Waals surface area contributed by atoms with Crippen LogP contribution in [0.25, 0.3) is 22.4 Å². The van der Waals surface area contributed by atoms with Gasteiger partial charge >= 0.3 is 0 Å². The third-order valence-electron chi connectivity index (χ3n) is 3.27. The fraction of sp³-hybridized carbons (Fsp3) is 0.0667. The number of rotatable bonds is 2. The first-order valence-electron chi connectivity index (χ1n) is 6.27. The predicted octanol–water partition coefficient (Wildman–Crippen LogP) is 4.15. The van der Waals surface area contributed by atoms with Crippen LogP contribution in [0.4, 0.5) is 5.82 Å². The van der Waals surface area contributed by atoms with Crippen molar-refractivity contribution in [3.8, 4) is 22.4 Å². The van der Waals surface area contributed by atoms with E-state index in [4.69, 9.17) is 17.3 Å². The standard InChI is InChI=1S/C15H12BrClN4/c1-21-15(18)12(9-5-7-19-8-6-9)14(20-21)10-3-2-4-11(16)13(10)17/h2-8H,18H2,1H3. The van der Waals surface area contributed by atoms with Gasteiger partial charge in [0, 0.05) is 29.5 Å². The van der Waals surface area contributed by atoms with Gasteiger partial charge < -0.3 is 5.73 Å². The van der Waals surface area contributed by atoms with Crippen LogP contribution in [0, 0.1) is 0 Å². The lowest BCUT2D eigenvalue weighted by Crippen LogP contribution is -1.97. The molecule has 0 amide bonds. The molecule has 0 bridgehead atoms. The van der Waals surface area contributed by atoms with Gasteiger partial charge in [-0.2, -0.15) is 5.10 Å². The molecule has 0 saturated carbocycles. The van der Waals surface area contributed by atoms with Crippen LogP contribution in [0.3, 0.4) is 0 Å². The van der Waals surface area contributed by atoms with E-state index in [1.54, 1.807) is 17.1 Å². The highest BCUT2D eigenvalue weighted by Crippen LogP contribution is 2.40. The molecule has 3 aromatic rings. The minimum Gasteiger partial charge on any atom is -0.383 e. The maximum absolute atomic E-state index is 6.40. The monoisotopic (exact) mass is 362 g/mol. The predicted molar refractivity (Wildman–Crippen MR) is 89.0 cm³/mol. The van der Waals surface area contributed by atoms with Gasteiger partial charge in [-0.3, -0.25) is 9.67 Å². The molecule has 0 unspecified atom stereocenters. The molecule has 0 saturated heterocycles. The summed E-state index contributed by atoms with van der Waals surface area (Å²) in [4.78, 5) is 4.04. The first-order valence-corrected chi connectivity index (χ1v) is 7.44. The van der Waals surface area contributed by atoms with E-state index < -0.39 is 0 Å². The highest BCUT2D eigenvalue weighted by atomic mass is 79.9. The highest BCUT2D eigenvalue weighted by molar-refractivity contribution is 9.10. The first kappa shape index (κ1) is 14.1. The molecular formula is C15H12BrClN4. The van der Waals surface area contributed by atoms with Crippen LogP contribution < -0.4 is 5.73 Å². The minimum absolute atomic E-state index is 0.590. The summed E-state index contributed by atoms with van der Waals surface area (Å²) in [7, 11) is 1.81. The molecule has 21 heavy (non-hydrogen) atoms. The molecule has 3 rings (SSSR count). The molecule has 4 nitrogen and oxygen atoms in total. The maximum Gasteiger partial charge on any atom is 0.129 e. The van der Waals surface area contributed by atoms with Gasteiger partial charge in [-0.05, 0) is 39.7 Å². The van der Waals surface area contributed by atoms with Crippen molar-refractivity contribution in [2.75, 3.05) is 5.73 Å². The lowest BCUT2D eigenvalue weighted by Gasteiger charge is -2.07. The van der Waals surface area contributed by atoms with E-state index in [9.17, 15) is 0 Å². The largest absolute Gasteiger partial charge is 0.383 e. The van der Waals surface area contributed by atoms with Crippen LogP contribution in [0.1, 0.15) is 0 Å². The molecule has 1 aromatic carbocycles. The Morgan fingerprint density at radius 3 is 2.62 bits per heavy atom. The zero-order chi connectivity index (χ0) is 15.0. The van der Waals surface area contributed by atoms with E-state index in [1.165, 1.54) is 0 Å². The van der Waals surface area contributed by atoms with Crippen molar-refractivity contribution in [1.82, 2.24) is 14.8 Å². The second-order valence-corrected chi connectivity index (χ2v) is 5.80. The minimum atomic E-state index is 0.590. The van der Waals surface area contributed by atoms with Crippen LogP contribution >= 0.6 is 27.5 Å². The molecular weight excluding hydrogens is 352 g/mol. The first-order chi connectivity index (χ1) is 10.1. The number of hydrogen-bond acceptors (Lipinski definition) is 3. The molecule has 2 N–H and O–H groups in total. The zero-order valence-corrected chi connectivity index (χ0v) is 13.6. The molecule has 106 valence electrons. The van der Waals surface area contributed by atoms with Gasteiger partial charge in [0.15, 0.2) is 0 Å². The highest BCUT2D eigenvalue weighted by Gasteiger charge is 2.19. The van der Waals surface area contributed by atoms with Crippen LogP contribution in [-0.2, 0) is 7.05 Å². The smallest absolute Gasteiger partial charge is 0.129 e. The molecule has 2 aromatic heterocycles. The van der Waals surface area contributed by atoms with Crippen molar-refractivity contribution < 1.29 is 0 Å². The second-order valence-electron chi connectivity index (χ2n) is 4.57. The summed E-state index contributed by atoms with van der Waals surface area (Å²) in [5, 5.41) is 5.14. The van der Waals surface area contributed by atoms with Crippen molar-refractivity contribution in [1.29, 1.82) is 0 Å². The molecule has 0 spiro atoms. The van der Waals surface area contributed by atoms with Crippen molar-refractivity contribution in [3.05, 3.63) is 52.2 Å². The number of nitrogens with two attached hydrogens (primary N) is 1. The SMILES string of the molecule is Cn1nc(-c2cccc(Br)c2Cl)c(-c2ccncc2)c1N. The van der Waals surface area contributed by atoms with E-state index in [-0.39, 0.29) is 0 Å². The molecule has 0 atom stereocenters. The van der Waals surface area contributed by atoms with Gasteiger partial charge in [0.1, 0.15) is 11.5 Å². The molecule has 0 aliphatic rings. The number of aromatic nitrogens is 3. The summed E-state index contributed by atoms with van der Waals surface area (Å²) in [5.74, 6) is 0.590. The molecule has 2 heterocycles. The van der Waals surface area contributed by atoms with E-state index in [0.29, 0.717) is 10.8 Å². The number of aryl methyl sites for hydroxylation is 1. The Morgan fingerprint density at radius 1 is 1.19 bits per heavy atom. The van der Waals surface area contributed by atoms with E-state index in [0.717, 1.165) is 26.9 Å². The zero-order valence-electron chi connectivity index (χ0n) is 11.2. The quantitative estimate of drug-likeness (QED) is 0.744. The Kier molecular flexibility index (Phi) is 3.69. The van der Waals surface area contributed by atoms with Crippen LogP contribution in [0.2, 0.25) is 5.02 Å². The third kappa shape index (κ3) is 2.43. The normalized spacial score (nSPS) is 10.8. The van der Waals surface area contributed by atoms with Gasteiger partial charge in [-0.1, -0.05) is 23.7 Å². The van der Waals surface area contributed by atoms with Gasteiger partial charge in [0.25, 0.3) is 0 Å². The summed E-state index contributed by atoms with van der Waals surface area (Å²) in [6.45, 7) is 0. The number of halogens is 2. The van der Waals surface area contributed by atoms with Crippen molar-refractivity contribution in [2.45, 2.75) is 0 Å². The average Bonchev–Trinajstić information content (AvgIpc) is 2.78. The summed E-state index contributed by atoms with van der Waals surface area (Å²) in [6, 6.07) is 9.56. The number of benzene rings is 1. The lowest BCUT2D eigenvalue weighted by atomic mass is 10.0. The number of hydrogen-bond donors (Lipinski definition) is 1. The van der Waals surface area contributed by atoms with E-state index >= 15 is 0 Å². The molecule has 0 radical (unpaired) electrons. The maximum atomic E-state index is 6.40. The van der Waals surface area contributed by atoms with E-state index in [2.05, 4.69) is 26.0 Å². The number of nitrogen functional groups attached to an aromatic ring is 1. The van der Waals surface area contributed by atoms with Gasteiger partial charge in [0.2, 0.25) is 0 Å². The number of pyridine rings is 1. The van der Waals surface area contributed by atoms with Crippen molar-refractivity contribution >= 4 is 33.3 Å². The Morgan fingerprint density at radius 2 is 1.90 bits per heavy atom. The van der Waals surface area contributed by atoms with Gasteiger partial charge in [-0.15, -0.1) is 0 Å². The third-order valence-corrected chi connectivity index (χ3v) is 4.56. The van der Waals surface area contributed by atoms with Crippen LogP contribution in [0.15, 0.2) is 47.2 Å². The van der Waals surface area contributed by atoms with Gasteiger partial charge in [-0.25, -0.2) is 0 Å². The van der Waals surface area contributed by atoms with Gasteiger partial charge in [0.05, 0.1) is 10.6 Å². The summed E-state index contributed by atoms with van der Waals surface area (Å²) >= 11 is 9.84. The topological polar surface area (TPSA) is 56.7 Å². The van der Waals surface area contributed by atoms with Crippen LogP contribution in [-0.4, -0.2) is 14.8 Å². The second kappa shape index (κ2) is 5.50.